The smallest absolute Gasteiger partial charge is 0.270 e. The van der Waals surface area contributed by atoms with E-state index in [1.54, 1.807) is 31.2 Å². The summed E-state index contributed by atoms with van der Waals surface area (Å²) in [5.74, 6) is -0.276. The van der Waals surface area contributed by atoms with E-state index in [1.807, 2.05) is 6.07 Å². The topological polar surface area (TPSA) is 109 Å². The predicted octanol–water partition coefficient (Wildman–Crippen LogP) is 3.38. The van der Waals surface area contributed by atoms with E-state index in [0.29, 0.717) is 10.7 Å². The summed E-state index contributed by atoms with van der Waals surface area (Å²) < 4.78 is 25.3. The van der Waals surface area contributed by atoms with Crippen LogP contribution in [0, 0.1) is 0 Å². The molecule has 0 aliphatic carbocycles. The van der Waals surface area contributed by atoms with Gasteiger partial charge >= 0.3 is 0 Å². The molecule has 1 atom stereocenters. The van der Waals surface area contributed by atoms with E-state index in [9.17, 15) is 18.0 Å². The van der Waals surface area contributed by atoms with Gasteiger partial charge < -0.3 is 10.3 Å². The van der Waals surface area contributed by atoms with Crippen molar-refractivity contribution in [3.63, 3.8) is 0 Å². The zero-order chi connectivity index (χ0) is 21.0. The maximum atomic E-state index is 12.6. The van der Waals surface area contributed by atoms with Crippen molar-refractivity contribution in [1.29, 1.82) is 0 Å². The molecule has 3 aromatic rings. The first kappa shape index (κ1) is 21.1. The van der Waals surface area contributed by atoms with Crippen molar-refractivity contribution >= 4 is 44.8 Å². The van der Waals surface area contributed by atoms with E-state index in [2.05, 4.69) is 15.3 Å². The van der Waals surface area contributed by atoms with Crippen LogP contribution in [0.4, 0.5) is 5.69 Å². The Kier molecular flexibility index (Phi) is 6.41. The van der Waals surface area contributed by atoms with Gasteiger partial charge in [0, 0.05) is 10.7 Å². The lowest BCUT2D eigenvalue weighted by atomic mass is 10.3. The zero-order valence-electron chi connectivity index (χ0n) is 15.1. The molecule has 0 fully saturated rings. The largest absolute Gasteiger partial charge is 0.325 e. The zero-order valence-corrected chi connectivity index (χ0v) is 17.5. The van der Waals surface area contributed by atoms with E-state index in [1.165, 1.54) is 24.3 Å². The quantitative estimate of drug-likeness (QED) is 0.441. The number of carbonyl (C=O) groups is 1. The third-order valence-corrected chi connectivity index (χ3v) is 6.87. The molecule has 0 bridgehead atoms. The number of nitrogens with zero attached hydrogens (tertiary/aromatic N) is 1. The highest BCUT2D eigenvalue weighted by molar-refractivity contribution is 8.00. The summed E-state index contributed by atoms with van der Waals surface area (Å²) in [6, 6.07) is 14.4. The summed E-state index contributed by atoms with van der Waals surface area (Å²) in [5.41, 5.74) is -0.163. The van der Waals surface area contributed by atoms with Crippen LogP contribution in [-0.4, -0.2) is 29.5 Å². The number of H-pyrrole nitrogens is 1. The van der Waals surface area contributed by atoms with Crippen LogP contribution in [0.15, 0.2) is 80.5 Å². The number of hydrogen-bond acceptors (Lipinski definition) is 6. The Morgan fingerprint density at radius 1 is 1.14 bits per heavy atom. The summed E-state index contributed by atoms with van der Waals surface area (Å²) in [4.78, 5) is 30.5. The highest BCUT2D eigenvalue weighted by Gasteiger charge is 2.23. The molecule has 0 radical (unpaired) electrons. The van der Waals surface area contributed by atoms with Crippen molar-refractivity contribution in [2.75, 3.05) is 5.32 Å². The Morgan fingerprint density at radius 2 is 1.79 bits per heavy atom. The van der Waals surface area contributed by atoms with Crippen LogP contribution in [0.2, 0.25) is 5.02 Å². The van der Waals surface area contributed by atoms with Crippen LogP contribution in [0.25, 0.3) is 0 Å². The first-order valence-corrected chi connectivity index (χ1v) is 11.1. The number of halogens is 1. The first-order valence-electron chi connectivity index (χ1n) is 8.40. The fourth-order valence-corrected chi connectivity index (χ4v) is 4.47. The molecule has 2 aromatic carbocycles. The Labute approximate surface area is 176 Å². The molecule has 150 valence electrons. The number of nitrogens with one attached hydrogen (secondary N) is 2. The molecule has 1 aromatic heterocycles. The first-order chi connectivity index (χ1) is 13.8. The number of thioether (sulfide) groups is 1. The lowest BCUT2D eigenvalue weighted by Crippen LogP contribution is -2.24. The number of aromatic amines is 1. The second-order valence-corrected chi connectivity index (χ2v) is 9.64. The van der Waals surface area contributed by atoms with Gasteiger partial charge in [0.05, 0.1) is 16.3 Å². The molecular weight excluding hydrogens is 434 g/mol. The van der Waals surface area contributed by atoms with Crippen molar-refractivity contribution in [3.05, 3.63) is 76.2 Å². The molecule has 0 aliphatic heterocycles. The number of rotatable bonds is 6. The van der Waals surface area contributed by atoms with Crippen LogP contribution in [0.1, 0.15) is 6.92 Å². The monoisotopic (exact) mass is 449 g/mol. The summed E-state index contributed by atoms with van der Waals surface area (Å²) in [5, 5.41) is 2.70. The average Bonchev–Trinajstić information content (AvgIpc) is 2.69. The van der Waals surface area contributed by atoms with Crippen molar-refractivity contribution in [2.45, 2.75) is 27.1 Å². The van der Waals surface area contributed by atoms with E-state index in [0.717, 1.165) is 18.0 Å². The van der Waals surface area contributed by atoms with Crippen LogP contribution in [0.3, 0.4) is 0 Å². The molecule has 0 unspecified atom stereocenters. The second-order valence-electron chi connectivity index (χ2n) is 5.95. The van der Waals surface area contributed by atoms with E-state index in [-0.39, 0.29) is 16.0 Å². The van der Waals surface area contributed by atoms with Crippen molar-refractivity contribution in [1.82, 2.24) is 9.97 Å². The normalized spacial score (nSPS) is 12.3. The maximum absolute atomic E-state index is 12.6. The molecule has 1 heterocycles. The number of aromatic nitrogens is 2. The molecule has 0 saturated carbocycles. The van der Waals surface area contributed by atoms with Gasteiger partial charge in [0.1, 0.15) is 0 Å². The van der Waals surface area contributed by atoms with Crippen LogP contribution >= 0.6 is 23.4 Å². The van der Waals surface area contributed by atoms with Crippen molar-refractivity contribution in [2.24, 2.45) is 0 Å². The lowest BCUT2D eigenvalue weighted by Gasteiger charge is -2.11. The number of para-hydroxylation sites is 1. The number of amides is 1. The number of hydrogen-bond donors (Lipinski definition) is 2. The average molecular weight is 450 g/mol. The third kappa shape index (κ3) is 5.06. The summed E-state index contributed by atoms with van der Waals surface area (Å²) in [7, 11) is -4.04. The minimum absolute atomic E-state index is 0.0646. The van der Waals surface area contributed by atoms with Gasteiger partial charge in [0.2, 0.25) is 15.7 Å². The number of sulfone groups is 1. The van der Waals surface area contributed by atoms with Gasteiger partial charge in [-0.1, -0.05) is 41.6 Å². The fraction of sp³-hybridized carbons (Fsp3) is 0.105. The maximum Gasteiger partial charge on any atom is 0.270 e. The fourth-order valence-electron chi connectivity index (χ4n) is 2.35. The molecule has 7 nitrogen and oxygen atoms in total. The molecule has 1 amide bonds. The molecule has 0 saturated heterocycles. The molecule has 0 aliphatic rings. The number of benzene rings is 2. The molecule has 2 N–H and O–H groups in total. The minimum Gasteiger partial charge on any atom is -0.325 e. The van der Waals surface area contributed by atoms with Gasteiger partial charge in [-0.05, 0) is 43.3 Å². The van der Waals surface area contributed by atoms with E-state index >= 15 is 0 Å². The van der Waals surface area contributed by atoms with Gasteiger partial charge in [0.15, 0.2) is 10.1 Å². The summed E-state index contributed by atoms with van der Waals surface area (Å²) in [6.45, 7) is 1.65. The Hall–Kier alpha value is -2.62. The molecule has 3 rings (SSSR count). The Balaban J connectivity index is 1.76. The van der Waals surface area contributed by atoms with E-state index < -0.39 is 25.5 Å². The lowest BCUT2D eigenvalue weighted by molar-refractivity contribution is -0.115. The van der Waals surface area contributed by atoms with Gasteiger partial charge in [-0.3, -0.25) is 9.59 Å². The highest BCUT2D eigenvalue weighted by atomic mass is 35.5. The van der Waals surface area contributed by atoms with Gasteiger partial charge in [-0.15, -0.1) is 0 Å². The summed E-state index contributed by atoms with van der Waals surface area (Å²) in [6.07, 6.45) is 0.993. The Bertz CT molecular complexity index is 1180. The van der Waals surface area contributed by atoms with Gasteiger partial charge in [-0.2, -0.15) is 0 Å². The second kappa shape index (κ2) is 8.81. The standard InChI is InChI=1S/C19H16ClN3O4S2/c1-12(17(24)22-14-5-3-2-4-6-14)28-19-21-11-16(18(25)23-19)29(26,27)15-9-7-13(20)8-10-15/h2-12H,1H3,(H,22,24)(H,21,23,25)/t12-/m0/s1. The third-order valence-electron chi connectivity index (χ3n) is 3.86. The highest BCUT2D eigenvalue weighted by Crippen LogP contribution is 2.23. The number of carbonyl (C=O) groups excluding carboxylic acids is 1. The molecule has 29 heavy (non-hydrogen) atoms. The van der Waals surface area contributed by atoms with Crippen LogP contribution in [-0.2, 0) is 14.6 Å². The van der Waals surface area contributed by atoms with Crippen molar-refractivity contribution in [3.8, 4) is 0 Å². The van der Waals surface area contributed by atoms with Gasteiger partial charge in [0.25, 0.3) is 5.56 Å². The van der Waals surface area contributed by atoms with Crippen LogP contribution in [0.5, 0.6) is 0 Å². The Morgan fingerprint density at radius 3 is 2.41 bits per heavy atom. The van der Waals surface area contributed by atoms with Gasteiger partial charge in [-0.25, -0.2) is 13.4 Å². The molecular formula is C19H16ClN3O4S2. The predicted molar refractivity (Wildman–Crippen MR) is 112 cm³/mol. The number of anilines is 1. The minimum atomic E-state index is -4.04. The van der Waals surface area contributed by atoms with Crippen LogP contribution < -0.4 is 10.9 Å². The molecule has 0 spiro atoms. The van der Waals surface area contributed by atoms with Crippen molar-refractivity contribution < 1.29 is 13.2 Å². The SMILES string of the molecule is C[C@H](Sc1ncc(S(=O)(=O)c2ccc(Cl)cc2)c(=O)[nH]1)C(=O)Nc1ccccc1. The summed E-state index contributed by atoms with van der Waals surface area (Å²) >= 11 is 6.79. The van der Waals surface area contributed by atoms with E-state index in [4.69, 9.17) is 11.6 Å². The molecule has 10 heteroatoms.